The van der Waals surface area contributed by atoms with Crippen molar-refractivity contribution < 1.29 is 14.7 Å². The zero-order valence-electron chi connectivity index (χ0n) is 10.8. The van der Waals surface area contributed by atoms with Crippen LogP contribution in [0.5, 0.6) is 0 Å². The van der Waals surface area contributed by atoms with Gasteiger partial charge < -0.3 is 16.2 Å². The highest BCUT2D eigenvalue weighted by atomic mass is 35.5. The van der Waals surface area contributed by atoms with Crippen molar-refractivity contribution in [2.45, 2.75) is 13.1 Å². The van der Waals surface area contributed by atoms with Gasteiger partial charge in [-0.1, -0.05) is 16.8 Å². The van der Waals surface area contributed by atoms with E-state index in [9.17, 15) is 9.59 Å². The number of carbonyl (C=O) groups excluding carboxylic acids is 1. The first-order valence-electron chi connectivity index (χ1n) is 5.91. The predicted octanol–water partition coefficient (Wildman–Crippen LogP) is 0.727. The molecule has 1 heterocycles. The summed E-state index contributed by atoms with van der Waals surface area (Å²) >= 11 is 5.82. The smallest absolute Gasteiger partial charge is 0.337 e. The zero-order valence-corrected chi connectivity index (χ0v) is 11.5. The van der Waals surface area contributed by atoms with Crippen LogP contribution in [0.4, 0.5) is 5.69 Å². The summed E-state index contributed by atoms with van der Waals surface area (Å²) in [6, 6.07) is 4.15. The van der Waals surface area contributed by atoms with Gasteiger partial charge >= 0.3 is 5.97 Å². The van der Waals surface area contributed by atoms with Gasteiger partial charge in [-0.15, -0.1) is 5.10 Å². The van der Waals surface area contributed by atoms with E-state index in [0.717, 1.165) is 0 Å². The van der Waals surface area contributed by atoms with Crippen LogP contribution in [-0.2, 0) is 17.9 Å². The number of nitrogens with zero attached hydrogens (tertiary/aromatic N) is 3. The van der Waals surface area contributed by atoms with E-state index in [2.05, 4.69) is 15.6 Å². The monoisotopic (exact) mass is 309 g/mol. The average Bonchev–Trinajstić information content (AvgIpc) is 2.85. The molecule has 0 atom stereocenters. The number of hydrogen-bond acceptors (Lipinski definition) is 5. The van der Waals surface area contributed by atoms with E-state index < -0.39 is 5.97 Å². The van der Waals surface area contributed by atoms with Crippen molar-refractivity contribution in [3.05, 3.63) is 40.7 Å². The van der Waals surface area contributed by atoms with E-state index in [1.165, 1.54) is 22.9 Å². The van der Waals surface area contributed by atoms with Gasteiger partial charge in [0.1, 0.15) is 6.54 Å². The number of halogens is 1. The first-order valence-corrected chi connectivity index (χ1v) is 6.29. The van der Waals surface area contributed by atoms with Crippen molar-refractivity contribution in [2.75, 3.05) is 5.32 Å². The van der Waals surface area contributed by atoms with Crippen LogP contribution in [0.15, 0.2) is 24.4 Å². The lowest BCUT2D eigenvalue weighted by molar-refractivity contribution is -0.116. The largest absolute Gasteiger partial charge is 0.478 e. The maximum absolute atomic E-state index is 11.8. The molecule has 0 spiro atoms. The summed E-state index contributed by atoms with van der Waals surface area (Å²) in [4.78, 5) is 22.6. The molecule has 110 valence electrons. The Bertz CT molecular complexity index is 685. The van der Waals surface area contributed by atoms with Crippen LogP contribution in [0.3, 0.4) is 0 Å². The van der Waals surface area contributed by atoms with Crippen LogP contribution in [0.25, 0.3) is 0 Å². The summed E-state index contributed by atoms with van der Waals surface area (Å²) in [7, 11) is 0. The van der Waals surface area contributed by atoms with Crippen LogP contribution in [0, 0.1) is 0 Å². The standard InChI is InChI=1S/C12H12ClN5O3/c13-10-3-7(1-2-9(10)12(20)21)15-11(19)6-18-5-8(4-14)16-17-18/h1-3,5H,4,6,14H2,(H,15,19)(H,20,21). The Balaban J connectivity index is 2.02. The minimum Gasteiger partial charge on any atom is -0.478 e. The van der Waals surface area contributed by atoms with Gasteiger partial charge in [0, 0.05) is 12.2 Å². The molecule has 9 heteroatoms. The molecule has 8 nitrogen and oxygen atoms in total. The summed E-state index contributed by atoms with van der Waals surface area (Å²) in [6.07, 6.45) is 1.57. The summed E-state index contributed by atoms with van der Waals surface area (Å²) in [5, 5.41) is 19.0. The van der Waals surface area contributed by atoms with Crippen molar-refractivity contribution >= 4 is 29.2 Å². The van der Waals surface area contributed by atoms with E-state index in [1.54, 1.807) is 6.20 Å². The second-order valence-electron chi connectivity index (χ2n) is 4.16. The van der Waals surface area contributed by atoms with E-state index in [1.807, 2.05) is 0 Å². The number of aromatic nitrogens is 3. The lowest BCUT2D eigenvalue weighted by Gasteiger charge is -2.06. The zero-order chi connectivity index (χ0) is 15.4. The Morgan fingerprint density at radius 3 is 2.76 bits per heavy atom. The molecule has 0 aliphatic carbocycles. The average molecular weight is 310 g/mol. The van der Waals surface area contributed by atoms with Crippen LogP contribution in [0.1, 0.15) is 16.1 Å². The van der Waals surface area contributed by atoms with Gasteiger partial charge in [-0.05, 0) is 18.2 Å². The molecule has 0 radical (unpaired) electrons. The fourth-order valence-electron chi connectivity index (χ4n) is 1.62. The van der Waals surface area contributed by atoms with Crippen LogP contribution < -0.4 is 11.1 Å². The van der Waals surface area contributed by atoms with Gasteiger partial charge in [0.25, 0.3) is 0 Å². The normalized spacial score (nSPS) is 10.4. The highest BCUT2D eigenvalue weighted by molar-refractivity contribution is 6.33. The summed E-state index contributed by atoms with van der Waals surface area (Å²) in [5.41, 5.74) is 6.34. The number of nitrogens with one attached hydrogen (secondary N) is 1. The second-order valence-corrected chi connectivity index (χ2v) is 4.57. The third-order valence-corrected chi connectivity index (χ3v) is 2.90. The molecule has 2 rings (SSSR count). The molecule has 0 aliphatic rings. The molecular weight excluding hydrogens is 298 g/mol. The Morgan fingerprint density at radius 2 is 2.19 bits per heavy atom. The molecular formula is C12H12ClN5O3. The molecule has 0 saturated carbocycles. The third-order valence-electron chi connectivity index (χ3n) is 2.58. The predicted molar refractivity (Wildman–Crippen MR) is 75.0 cm³/mol. The van der Waals surface area contributed by atoms with Crippen molar-refractivity contribution in [3.63, 3.8) is 0 Å². The lowest BCUT2D eigenvalue weighted by Crippen LogP contribution is -2.19. The van der Waals surface area contributed by atoms with Crippen LogP contribution in [0.2, 0.25) is 5.02 Å². The fourth-order valence-corrected chi connectivity index (χ4v) is 1.88. The first kappa shape index (κ1) is 14.9. The number of nitrogens with two attached hydrogens (primary N) is 1. The number of benzene rings is 1. The molecule has 0 unspecified atom stereocenters. The maximum atomic E-state index is 11.8. The number of carboxylic acid groups (broad SMARTS) is 1. The molecule has 1 aromatic carbocycles. The number of aromatic carboxylic acids is 1. The van der Waals surface area contributed by atoms with Crippen LogP contribution in [-0.4, -0.2) is 32.0 Å². The topological polar surface area (TPSA) is 123 Å². The molecule has 1 aromatic heterocycles. The molecule has 0 fully saturated rings. The molecule has 2 aromatic rings. The fraction of sp³-hybridized carbons (Fsp3) is 0.167. The molecule has 0 aliphatic heterocycles. The number of carboxylic acids is 1. The van der Waals surface area contributed by atoms with Gasteiger partial charge in [0.15, 0.2) is 0 Å². The van der Waals surface area contributed by atoms with E-state index in [0.29, 0.717) is 11.4 Å². The molecule has 4 N–H and O–H groups in total. The maximum Gasteiger partial charge on any atom is 0.337 e. The highest BCUT2D eigenvalue weighted by Gasteiger charge is 2.11. The van der Waals surface area contributed by atoms with Gasteiger partial charge in [-0.2, -0.15) is 0 Å². The van der Waals surface area contributed by atoms with Crippen LogP contribution >= 0.6 is 11.6 Å². The molecule has 0 saturated heterocycles. The highest BCUT2D eigenvalue weighted by Crippen LogP contribution is 2.21. The summed E-state index contributed by atoms with van der Waals surface area (Å²) < 4.78 is 1.35. The van der Waals surface area contributed by atoms with E-state index in [4.69, 9.17) is 22.4 Å². The number of anilines is 1. The Hall–Kier alpha value is -2.45. The van der Waals surface area contributed by atoms with Crippen molar-refractivity contribution in [1.29, 1.82) is 0 Å². The second kappa shape index (κ2) is 6.33. The number of hydrogen-bond donors (Lipinski definition) is 3. The minimum absolute atomic E-state index is 0.0291. The minimum atomic E-state index is -1.13. The van der Waals surface area contributed by atoms with Crippen molar-refractivity contribution in [1.82, 2.24) is 15.0 Å². The summed E-state index contributed by atoms with van der Waals surface area (Å²) in [6.45, 7) is 0.208. The SMILES string of the molecule is NCc1cn(CC(=O)Nc2ccc(C(=O)O)c(Cl)c2)nn1. The Morgan fingerprint density at radius 1 is 1.43 bits per heavy atom. The van der Waals surface area contributed by atoms with E-state index in [-0.39, 0.29) is 29.6 Å². The molecule has 1 amide bonds. The lowest BCUT2D eigenvalue weighted by atomic mass is 10.2. The van der Waals surface area contributed by atoms with E-state index >= 15 is 0 Å². The number of carbonyl (C=O) groups is 2. The quantitative estimate of drug-likeness (QED) is 0.748. The van der Waals surface area contributed by atoms with Gasteiger partial charge in [-0.25, -0.2) is 9.48 Å². The van der Waals surface area contributed by atoms with Gasteiger partial charge in [-0.3, -0.25) is 4.79 Å². The molecule has 0 bridgehead atoms. The molecule has 21 heavy (non-hydrogen) atoms. The Labute approximate surface area is 124 Å². The van der Waals surface area contributed by atoms with Gasteiger partial charge in [0.2, 0.25) is 5.91 Å². The Kier molecular flexibility index (Phi) is 4.51. The number of rotatable bonds is 5. The summed E-state index contributed by atoms with van der Waals surface area (Å²) in [5.74, 6) is -1.47. The third kappa shape index (κ3) is 3.77. The first-order chi connectivity index (χ1) is 9.99. The van der Waals surface area contributed by atoms with Gasteiger partial charge in [0.05, 0.1) is 22.5 Å². The van der Waals surface area contributed by atoms with Crippen molar-refractivity contribution in [2.24, 2.45) is 5.73 Å². The van der Waals surface area contributed by atoms with Crippen molar-refractivity contribution in [3.8, 4) is 0 Å². The number of amides is 1.